The number of nitrogens with one attached hydrogen (secondary N) is 1. The van der Waals surface area contributed by atoms with Crippen LogP contribution in [0.3, 0.4) is 0 Å². The van der Waals surface area contributed by atoms with Crippen LogP contribution in [0.1, 0.15) is 18.1 Å². The smallest absolute Gasteiger partial charge is 0.248 e. The van der Waals surface area contributed by atoms with Crippen LogP contribution in [-0.2, 0) is 21.2 Å². The number of anilines is 2. The number of amides is 1. The predicted octanol–water partition coefficient (Wildman–Crippen LogP) is 2.61. The minimum absolute atomic E-state index is 0.0578. The summed E-state index contributed by atoms with van der Waals surface area (Å²) in [6.45, 7) is 2.08. The summed E-state index contributed by atoms with van der Waals surface area (Å²) >= 11 is 0. The van der Waals surface area contributed by atoms with Crippen LogP contribution in [0.15, 0.2) is 53.4 Å². The number of hydrogen-bond donors (Lipinski definition) is 2. The van der Waals surface area contributed by atoms with Crippen molar-refractivity contribution in [1.82, 2.24) is 0 Å². The molecule has 0 bridgehead atoms. The molecule has 0 atom stereocenters. The van der Waals surface area contributed by atoms with E-state index in [1.807, 2.05) is 24.3 Å². The van der Waals surface area contributed by atoms with E-state index in [9.17, 15) is 13.2 Å². The molecule has 3 N–H and O–H groups in total. The molecule has 0 radical (unpaired) electrons. The minimum Gasteiger partial charge on any atom is -0.376 e. The standard InChI is InChI=1S/C19H23N3O3S/c1-4-14-5-7-15(8-6-14)9-12-19(23)21-17-13-16(26(20,24)25)10-11-18(17)22(2)3/h5-13H,4H2,1-3H3,(H,21,23)(H2,20,24,25)/b12-9+. The number of benzene rings is 2. The third-order valence-corrected chi connectivity index (χ3v) is 4.76. The lowest BCUT2D eigenvalue weighted by Crippen LogP contribution is -2.17. The van der Waals surface area contributed by atoms with Gasteiger partial charge < -0.3 is 10.2 Å². The number of nitrogens with zero attached hydrogens (tertiary/aromatic N) is 1. The highest BCUT2D eigenvalue weighted by molar-refractivity contribution is 7.89. The highest BCUT2D eigenvalue weighted by Crippen LogP contribution is 2.27. The molecule has 0 aromatic heterocycles. The third kappa shape index (κ3) is 5.18. The number of primary sulfonamides is 1. The van der Waals surface area contributed by atoms with E-state index in [0.717, 1.165) is 12.0 Å². The summed E-state index contributed by atoms with van der Waals surface area (Å²) in [4.78, 5) is 14.0. The van der Waals surface area contributed by atoms with Crippen molar-refractivity contribution in [3.63, 3.8) is 0 Å². The van der Waals surface area contributed by atoms with Gasteiger partial charge in [0.05, 0.1) is 16.3 Å². The fourth-order valence-corrected chi connectivity index (χ4v) is 2.93. The Morgan fingerprint density at radius 1 is 1.15 bits per heavy atom. The Balaban J connectivity index is 2.22. The van der Waals surface area contributed by atoms with E-state index in [1.165, 1.54) is 23.8 Å². The van der Waals surface area contributed by atoms with Crippen molar-refractivity contribution in [2.24, 2.45) is 5.14 Å². The second-order valence-electron chi connectivity index (χ2n) is 6.04. The molecule has 138 valence electrons. The molecule has 0 saturated heterocycles. The zero-order valence-electron chi connectivity index (χ0n) is 15.1. The van der Waals surface area contributed by atoms with Gasteiger partial charge in [-0.15, -0.1) is 0 Å². The summed E-state index contributed by atoms with van der Waals surface area (Å²) < 4.78 is 23.1. The number of rotatable bonds is 6. The van der Waals surface area contributed by atoms with E-state index in [4.69, 9.17) is 5.14 Å². The van der Waals surface area contributed by atoms with Gasteiger partial charge in [0.15, 0.2) is 0 Å². The van der Waals surface area contributed by atoms with E-state index in [1.54, 1.807) is 31.1 Å². The van der Waals surface area contributed by atoms with Crippen LogP contribution in [0.4, 0.5) is 11.4 Å². The second kappa shape index (κ2) is 8.16. The molecule has 0 spiro atoms. The van der Waals surface area contributed by atoms with E-state index in [2.05, 4.69) is 12.2 Å². The van der Waals surface area contributed by atoms with Gasteiger partial charge in [0.2, 0.25) is 15.9 Å². The number of hydrogen-bond acceptors (Lipinski definition) is 4. The fourth-order valence-electron chi connectivity index (χ4n) is 2.39. The molecule has 0 aliphatic rings. The maximum Gasteiger partial charge on any atom is 0.248 e. The van der Waals surface area contributed by atoms with Crippen molar-refractivity contribution in [2.45, 2.75) is 18.2 Å². The molecule has 2 rings (SSSR count). The summed E-state index contributed by atoms with van der Waals surface area (Å²) in [5.41, 5.74) is 3.18. The lowest BCUT2D eigenvalue weighted by atomic mass is 10.1. The molecule has 6 nitrogen and oxygen atoms in total. The molecule has 2 aromatic rings. The molecule has 0 aliphatic carbocycles. The van der Waals surface area contributed by atoms with Gasteiger partial charge in [-0.1, -0.05) is 31.2 Å². The van der Waals surface area contributed by atoms with Crippen LogP contribution in [0, 0.1) is 0 Å². The van der Waals surface area contributed by atoms with Crippen LogP contribution in [0.2, 0.25) is 0 Å². The number of aryl methyl sites for hydroxylation is 1. The number of sulfonamides is 1. The van der Waals surface area contributed by atoms with Crippen molar-refractivity contribution in [2.75, 3.05) is 24.3 Å². The predicted molar refractivity (Wildman–Crippen MR) is 106 cm³/mol. The van der Waals surface area contributed by atoms with Crippen molar-refractivity contribution >= 4 is 33.4 Å². The summed E-state index contributed by atoms with van der Waals surface area (Å²) in [5.74, 6) is -0.362. The van der Waals surface area contributed by atoms with Gasteiger partial charge in [-0.25, -0.2) is 13.6 Å². The van der Waals surface area contributed by atoms with Crippen LogP contribution < -0.4 is 15.4 Å². The first kappa shape index (κ1) is 19.7. The summed E-state index contributed by atoms with van der Waals surface area (Å²) in [7, 11) is -0.257. The average Bonchev–Trinajstić information content (AvgIpc) is 2.59. The normalized spacial score (nSPS) is 11.5. The maximum atomic E-state index is 12.2. The van der Waals surface area contributed by atoms with Gasteiger partial charge >= 0.3 is 0 Å². The average molecular weight is 373 g/mol. The largest absolute Gasteiger partial charge is 0.376 e. The first-order valence-electron chi connectivity index (χ1n) is 8.13. The summed E-state index contributed by atoms with van der Waals surface area (Å²) in [5, 5.41) is 7.88. The van der Waals surface area contributed by atoms with Crippen molar-refractivity contribution in [3.8, 4) is 0 Å². The van der Waals surface area contributed by atoms with Crippen molar-refractivity contribution < 1.29 is 13.2 Å². The first-order chi connectivity index (χ1) is 12.2. The molecule has 26 heavy (non-hydrogen) atoms. The Hall–Kier alpha value is -2.64. The highest BCUT2D eigenvalue weighted by atomic mass is 32.2. The van der Waals surface area contributed by atoms with Gasteiger partial charge in [0.25, 0.3) is 0 Å². The first-order valence-corrected chi connectivity index (χ1v) is 9.67. The Labute approximate surface area is 154 Å². The number of carbonyl (C=O) groups is 1. The molecular formula is C19H23N3O3S. The molecule has 7 heteroatoms. The lowest BCUT2D eigenvalue weighted by Gasteiger charge is -2.18. The molecule has 2 aromatic carbocycles. The molecule has 0 fully saturated rings. The third-order valence-electron chi connectivity index (χ3n) is 3.85. The monoisotopic (exact) mass is 373 g/mol. The van der Waals surface area contributed by atoms with Gasteiger partial charge in [-0.05, 0) is 41.8 Å². The van der Waals surface area contributed by atoms with Gasteiger partial charge in [-0.2, -0.15) is 0 Å². The molecule has 0 heterocycles. The van der Waals surface area contributed by atoms with Gasteiger partial charge in [0.1, 0.15) is 0 Å². The van der Waals surface area contributed by atoms with Crippen molar-refractivity contribution in [3.05, 3.63) is 59.7 Å². The van der Waals surface area contributed by atoms with Gasteiger partial charge in [0, 0.05) is 20.2 Å². The van der Waals surface area contributed by atoms with Gasteiger partial charge in [-0.3, -0.25) is 4.79 Å². The zero-order chi connectivity index (χ0) is 19.3. The van der Waals surface area contributed by atoms with E-state index in [-0.39, 0.29) is 10.8 Å². The minimum atomic E-state index is -3.85. The van der Waals surface area contributed by atoms with Crippen LogP contribution in [0.25, 0.3) is 6.08 Å². The lowest BCUT2D eigenvalue weighted by molar-refractivity contribution is -0.111. The number of carbonyl (C=O) groups excluding carboxylic acids is 1. The van der Waals surface area contributed by atoms with Crippen LogP contribution in [-0.4, -0.2) is 28.4 Å². The summed E-state index contributed by atoms with van der Waals surface area (Å²) in [6.07, 6.45) is 4.07. The zero-order valence-corrected chi connectivity index (χ0v) is 15.9. The SMILES string of the molecule is CCc1ccc(/C=C/C(=O)Nc2cc(S(N)(=O)=O)ccc2N(C)C)cc1. The van der Waals surface area contributed by atoms with E-state index >= 15 is 0 Å². The quantitative estimate of drug-likeness (QED) is 0.761. The van der Waals surface area contributed by atoms with Crippen molar-refractivity contribution in [1.29, 1.82) is 0 Å². The Morgan fingerprint density at radius 2 is 1.81 bits per heavy atom. The van der Waals surface area contributed by atoms with Crippen LogP contribution in [0.5, 0.6) is 0 Å². The topological polar surface area (TPSA) is 92.5 Å². The highest BCUT2D eigenvalue weighted by Gasteiger charge is 2.13. The Morgan fingerprint density at radius 3 is 2.35 bits per heavy atom. The van der Waals surface area contributed by atoms with E-state index in [0.29, 0.717) is 11.4 Å². The van der Waals surface area contributed by atoms with E-state index < -0.39 is 10.0 Å². The maximum absolute atomic E-state index is 12.2. The Kier molecular flexibility index (Phi) is 6.18. The fraction of sp³-hybridized carbons (Fsp3) is 0.211. The molecular weight excluding hydrogens is 350 g/mol. The van der Waals surface area contributed by atoms with Crippen LogP contribution >= 0.6 is 0 Å². The molecule has 0 aliphatic heterocycles. The second-order valence-corrected chi connectivity index (χ2v) is 7.60. The Bertz CT molecular complexity index is 918. The molecule has 1 amide bonds. The molecule has 0 unspecified atom stereocenters. The summed E-state index contributed by atoms with van der Waals surface area (Å²) in [6, 6.07) is 12.3. The molecule has 0 saturated carbocycles. The number of nitrogens with two attached hydrogens (primary N) is 1.